The Morgan fingerprint density at radius 3 is 2.76 bits per heavy atom. The molecule has 0 spiro atoms. The molecule has 3 N–H and O–H groups in total. The van der Waals surface area contributed by atoms with Gasteiger partial charge in [-0.25, -0.2) is 13.1 Å². The van der Waals surface area contributed by atoms with E-state index in [1.54, 1.807) is 0 Å². The van der Waals surface area contributed by atoms with Gasteiger partial charge in [-0.05, 0) is 13.0 Å². The Morgan fingerprint density at radius 2 is 2.14 bits per heavy atom. The van der Waals surface area contributed by atoms with Gasteiger partial charge in [0.25, 0.3) is 0 Å². The maximum absolute atomic E-state index is 11.8. The van der Waals surface area contributed by atoms with Crippen LogP contribution in [0.2, 0.25) is 0 Å². The quantitative estimate of drug-likeness (QED) is 0.625. The van der Waals surface area contributed by atoms with Gasteiger partial charge in [-0.15, -0.1) is 0 Å². The Bertz CT molecular complexity index is 530. The number of hydrogen-bond acceptors (Lipinski definition) is 5. The van der Waals surface area contributed by atoms with Crippen LogP contribution in [0.3, 0.4) is 0 Å². The summed E-state index contributed by atoms with van der Waals surface area (Å²) in [7, 11) is -3.81. The van der Waals surface area contributed by atoms with Crippen molar-refractivity contribution in [3.8, 4) is 0 Å². The zero-order valence-electron chi connectivity index (χ0n) is 11.1. The topological polar surface area (TPSA) is 99.2 Å². The molecule has 1 aromatic rings. The van der Waals surface area contributed by atoms with Crippen LogP contribution in [0.1, 0.15) is 6.42 Å². The van der Waals surface area contributed by atoms with Gasteiger partial charge in [0.1, 0.15) is 11.5 Å². The number of rotatable bonds is 9. The molecular formula is C10H17F3N4O3S. The van der Waals surface area contributed by atoms with E-state index in [1.165, 1.54) is 10.9 Å². The molecule has 0 aliphatic carbocycles. The second-order valence-electron chi connectivity index (χ2n) is 4.15. The normalized spacial score (nSPS) is 12.8. The summed E-state index contributed by atoms with van der Waals surface area (Å²) in [5.41, 5.74) is 5.33. The van der Waals surface area contributed by atoms with Gasteiger partial charge in [-0.2, -0.15) is 18.3 Å². The fourth-order valence-electron chi connectivity index (χ4n) is 1.38. The van der Waals surface area contributed by atoms with E-state index >= 15 is 0 Å². The number of ether oxygens (including phenoxy) is 1. The molecule has 0 aliphatic heterocycles. The van der Waals surface area contributed by atoms with Crippen molar-refractivity contribution in [2.24, 2.45) is 5.73 Å². The summed E-state index contributed by atoms with van der Waals surface area (Å²) in [5.74, 6) is 0. The highest BCUT2D eigenvalue weighted by Gasteiger charge is 2.27. The number of aryl methyl sites for hydroxylation is 1. The maximum atomic E-state index is 11.8. The molecule has 7 nitrogen and oxygen atoms in total. The predicted molar refractivity (Wildman–Crippen MR) is 68.0 cm³/mol. The number of alkyl halides is 3. The third-order valence-corrected chi connectivity index (χ3v) is 3.73. The van der Waals surface area contributed by atoms with Crippen molar-refractivity contribution in [1.29, 1.82) is 0 Å². The molecule has 1 heterocycles. The standard InChI is InChI=1S/C10H17F3N4O3S/c11-10(12,13)8-20-5-3-16-21(18,19)9-6-15-17(7-9)4-1-2-14/h6-7,16H,1-5,8,14H2. The van der Waals surface area contributed by atoms with Crippen LogP contribution in [0.15, 0.2) is 17.3 Å². The van der Waals surface area contributed by atoms with Crippen LogP contribution < -0.4 is 10.5 Å². The third kappa shape index (κ3) is 6.89. The van der Waals surface area contributed by atoms with Crippen molar-refractivity contribution < 1.29 is 26.3 Å². The smallest absolute Gasteiger partial charge is 0.371 e. The van der Waals surface area contributed by atoms with Crippen molar-refractivity contribution in [3.63, 3.8) is 0 Å². The van der Waals surface area contributed by atoms with Gasteiger partial charge in [-0.1, -0.05) is 0 Å². The van der Waals surface area contributed by atoms with E-state index < -0.39 is 22.8 Å². The molecule has 1 rings (SSSR count). The molecule has 0 aromatic carbocycles. The first-order chi connectivity index (χ1) is 9.74. The van der Waals surface area contributed by atoms with Crippen LogP contribution in [0.5, 0.6) is 0 Å². The number of nitrogens with one attached hydrogen (secondary N) is 1. The molecule has 0 aliphatic rings. The number of aromatic nitrogens is 2. The van der Waals surface area contributed by atoms with E-state index in [0.717, 1.165) is 6.20 Å². The molecule has 0 atom stereocenters. The van der Waals surface area contributed by atoms with Crippen LogP contribution in [0.25, 0.3) is 0 Å². The first-order valence-corrected chi connectivity index (χ1v) is 7.59. The Balaban J connectivity index is 2.41. The average molecular weight is 330 g/mol. The van der Waals surface area contributed by atoms with E-state index in [1.807, 2.05) is 0 Å². The minimum atomic E-state index is -4.43. The molecule has 0 saturated heterocycles. The molecule has 0 radical (unpaired) electrons. The molecule has 0 saturated carbocycles. The summed E-state index contributed by atoms with van der Waals surface area (Å²) < 4.78 is 66.9. The molecule has 21 heavy (non-hydrogen) atoms. The number of halogens is 3. The molecule has 0 fully saturated rings. The summed E-state index contributed by atoms with van der Waals surface area (Å²) in [6, 6.07) is 0. The van der Waals surface area contributed by atoms with Crippen LogP contribution in [-0.2, 0) is 21.3 Å². The van der Waals surface area contributed by atoms with Crippen molar-refractivity contribution in [2.45, 2.75) is 24.0 Å². The predicted octanol–water partition coefficient (Wildman–Crippen LogP) is 0.0891. The van der Waals surface area contributed by atoms with Gasteiger partial charge in [0.2, 0.25) is 10.0 Å². The molecule has 11 heteroatoms. The third-order valence-electron chi connectivity index (χ3n) is 2.32. The molecule has 0 amide bonds. The van der Waals surface area contributed by atoms with Gasteiger partial charge >= 0.3 is 6.18 Å². The monoisotopic (exact) mass is 330 g/mol. The highest BCUT2D eigenvalue weighted by Crippen LogP contribution is 2.14. The zero-order valence-corrected chi connectivity index (χ0v) is 12.0. The van der Waals surface area contributed by atoms with Crippen molar-refractivity contribution >= 4 is 10.0 Å². The first kappa shape index (κ1) is 17.9. The maximum Gasteiger partial charge on any atom is 0.411 e. The largest absolute Gasteiger partial charge is 0.411 e. The first-order valence-electron chi connectivity index (χ1n) is 6.11. The van der Waals surface area contributed by atoms with Crippen LogP contribution >= 0.6 is 0 Å². The number of hydrogen-bond donors (Lipinski definition) is 2. The van der Waals surface area contributed by atoms with Crippen LogP contribution in [0.4, 0.5) is 13.2 Å². The van der Waals surface area contributed by atoms with Gasteiger partial charge in [-0.3, -0.25) is 4.68 Å². The lowest BCUT2D eigenvalue weighted by atomic mass is 10.4. The van der Waals surface area contributed by atoms with E-state index in [9.17, 15) is 21.6 Å². The number of sulfonamides is 1. The van der Waals surface area contributed by atoms with E-state index in [-0.39, 0.29) is 18.0 Å². The number of nitrogens with zero attached hydrogens (tertiary/aromatic N) is 2. The Labute approximate surface area is 120 Å². The van der Waals surface area contributed by atoms with Crippen molar-refractivity contribution in [2.75, 3.05) is 26.3 Å². The second-order valence-corrected chi connectivity index (χ2v) is 5.91. The van der Waals surface area contributed by atoms with E-state index in [0.29, 0.717) is 19.5 Å². The molecule has 0 bridgehead atoms. The van der Waals surface area contributed by atoms with Gasteiger partial charge < -0.3 is 10.5 Å². The van der Waals surface area contributed by atoms with E-state index in [2.05, 4.69) is 14.6 Å². The van der Waals surface area contributed by atoms with Crippen LogP contribution in [0, 0.1) is 0 Å². The SMILES string of the molecule is NCCCn1cc(S(=O)(=O)NCCOCC(F)(F)F)cn1. The zero-order chi connectivity index (χ0) is 15.9. The summed E-state index contributed by atoms with van der Waals surface area (Å²) in [5, 5.41) is 3.86. The summed E-state index contributed by atoms with van der Waals surface area (Å²) in [4.78, 5) is -0.0599. The lowest BCUT2D eigenvalue weighted by molar-refractivity contribution is -0.173. The van der Waals surface area contributed by atoms with E-state index in [4.69, 9.17) is 5.73 Å². The minimum absolute atomic E-state index is 0.0599. The van der Waals surface area contributed by atoms with Crippen LogP contribution in [-0.4, -0.2) is 50.7 Å². The number of nitrogens with two attached hydrogens (primary N) is 1. The lowest BCUT2D eigenvalue weighted by Crippen LogP contribution is -2.28. The minimum Gasteiger partial charge on any atom is -0.371 e. The van der Waals surface area contributed by atoms with Crippen molar-refractivity contribution in [3.05, 3.63) is 12.4 Å². The Morgan fingerprint density at radius 1 is 1.43 bits per heavy atom. The average Bonchev–Trinajstić information content (AvgIpc) is 2.84. The summed E-state index contributed by atoms with van der Waals surface area (Å²) >= 11 is 0. The summed E-state index contributed by atoms with van der Waals surface area (Å²) in [6.07, 6.45) is -1.28. The highest BCUT2D eigenvalue weighted by molar-refractivity contribution is 7.89. The lowest BCUT2D eigenvalue weighted by Gasteiger charge is -2.08. The van der Waals surface area contributed by atoms with Gasteiger partial charge in [0.15, 0.2) is 0 Å². The highest BCUT2D eigenvalue weighted by atomic mass is 32.2. The Hall–Kier alpha value is -1.17. The molecule has 122 valence electrons. The fraction of sp³-hybridized carbons (Fsp3) is 0.700. The van der Waals surface area contributed by atoms with Gasteiger partial charge in [0.05, 0.1) is 12.8 Å². The van der Waals surface area contributed by atoms with Gasteiger partial charge in [0, 0.05) is 19.3 Å². The molecular weight excluding hydrogens is 313 g/mol. The van der Waals surface area contributed by atoms with Crippen molar-refractivity contribution in [1.82, 2.24) is 14.5 Å². The molecule has 0 unspecified atom stereocenters. The molecule has 1 aromatic heterocycles. The second kappa shape index (κ2) is 7.73. The Kier molecular flexibility index (Phi) is 6.58. The summed E-state index contributed by atoms with van der Waals surface area (Å²) in [6.45, 7) is -1.10. The fourth-order valence-corrected chi connectivity index (χ4v) is 2.34.